The van der Waals surface area contributed by atoms with Crippen molar-refractivity contribution in [1.82, 2.24) is 15.1 Å². The van der Waals surface area contributed by atoms with Crippen molar-refractivity contribution in [3.8, 4) is 0 Å². The molecule has 1 aromatic carbocycles. The van der Waals surface area contributed by atoms with E-state index in [-0.39, 0.29) is 17.2 Å². The number of amides is 1. The van der Waals surface area contributed by atoms with Gasteiger partial charge < -0.3 is 10.1 Å². The SMILES string of the molecule is COCCn1nc(C(=O)NCCSCc2ccc(C)cc2)ccc1=O. The van der Waals surface area contributed by atoms with Gasteiger partial charge in [-0.2, -0.15) is 16.9 Å². The maximum absolute atomic E-state index is 12.1. The van der Waals surface area contributed by atoms with E-state index in [0.717, 1.165) is 11.5 Å². The summed E-state index contributed by atoms with van der Waals surface area (Å²) in [6.07, 6.45) is 0. The van der Waals surface area contributed by atoms with Crippen LogP contribution in [0.1, 0.15) is 21.6 Å². The molecule has 0 aliphatic carbocycles. The number of aromatic nitrogens is 2. The van der Waals surface area contributed by atoms with E-state index in [9.17, 15) is 9.59 Å². The van der Waals surface area contributed by atoms with E-state index in [4.69, 9.17) is 4.74 Å². The number of aryl methyl sites for hydroxylation is 1. The highest BCUT2D eigenvalue weighted by Crippen LogP contribution is 2.12. The van der Waals surface area contributed by atoms with Crippen LogP contribution in [0.3, 0.4) is 0 Å². The molecule has 6 nitrogen and oxygen atoms in total. The van der Waals surface area contributed by atoms with Gasteiger partial charge in [0.05, 0.1) is 13.2 Å². The lowest BCUT2D eigenvalue weighted by atomic mass is 10.2. The number of carbonyl (C=O) groups is 1. The summed E-state index contributed by atoms with van der Waals surface area (Å²) < 4.78 is 6.17. The van der Waals surface area contributed by atoms with Crippen molar-refractivity contribution in [3.05, 3.63) is 63.6 Å². The Morgan fingerprint density at radius 2 is 2.00 bits per heavy atom. The molecule has 25 heavy (non-hydrogen) atoms. The molecule has 2 rings (SSSR count). The van der Waals surface area contributed by atoms with E-state index in [0.29, 0.717) is 19.7 Å². The minimum atomic E-state index is -0.276. The van der Waals surface area contributed by atoms with Crippen LogP contribution in [0, 0.1) is 6.92 Å². The van der Waals surface area contributed by atoms with Crippen LogP contribution in [0.15, 0.2) is 41.2 Å². The quantitative estimate of drug-likeness (QED) is 0.690. The fourth-order valence-corrected chi connectivity index (χ4v) is 2.93. The largest absolute Gasteiger partial charge is 0.383 e. The highest BCUT2D eigenvalue weighted by molar-refractivity contribution is 7.98. The number of methoxy groups -OCH3 is 1. The van der Waals surface area contributed by atoms with Gasteiger partial charge in [0.25, 0.3) is 11.5 Å². The van der Waals surface area contributed by atoms with Gasteiger partial charge in [-0.15, -0.1) is 0 Å². The van der Waals surface area contributed by atoms with Crippen molar-refractivity contribution < 1.29 is 9.53 Å². The molecule has 0 fully saturated rings. The van der Waals surface area contributed by atoms with Gasteiger partial charge in [-0.3, -0.25) is 9.59 Å². The van der Waals surface area contributed by atoms with E-state index in [1.165, 1.54) is 27.9 Å². The average molecular weight is 361 g/mol. The van der Waals surface area contributed by atoms with Crippen LogP contribution in [0.2, 0.25) is 0 Å². The summed E-state index contributed by atoms with van der Waals surface area (Å²) in [5.74, 6) is 1.45. The van der Waals surface area contributed by atoms with E-state index in [1.54, 1.807) is 18.9 Å². The number of carbonyl (C=O) groups excluding carboxylic acids is 1. The van der Waals surface area contributed by atoms with Crippen molar-refractivity contribution in [2.75, 3.05) is 26.0 Å². The summed E-state index contributed by atoms with van der Waals surface area (Å²) in [5.41, 5.74) is 2.51. The molecule has 0 aliphatic heterocycles. The summed E-state index contributed by atoms with van der Waals surface area (Å²) in [4.78, 5) is 23.8. The molecule has 0 radical (unpaired) electrons. The molecule has 2 aromatic rings. The lowest BCUT2D eigenvalue weighted by Crippen LogP contribution is -2.31. The molecule has 0 atom stereocenters. The van der Waals surface area contributed by atoms with Crippen LogP contribution >= 0.6 is 11.8 Å². The standard InChI is InChI=1S/C18H23N3O3S/c1-14-3-5-15(6-4-14)13-25-12-9-19-18(23)16-7-8-17(22)21(20-16)10-11-24-2/h3-8H,9-13H2,1-2H3,(H,19,23). The molecular weight excluding hydrogens is 338 g/mol. The van der Waals surface area contributed by atoms with Gasteiger partial charge in [-0.05, 0) is 18.6 Å². The fraction of sp³-hybridized carbons (Fsp3) is 0.389. The van der Waals surface area contributed by atoms with Gasteiger partial charge in [0.15, 0.2) is 0 Å². The molecule has 1 N–H and O–H groups in total. The first-order valence-corrected chi connectivity index (χ1v) is 9.24. The number of nitrogens with one attached hydrogen (secondary N) is 1. The molecule has 0 unspecified atom stereocenters. The smallest absolute Gasteiger partial charge is 0.271 e. The summed E-state index contributed by atoms with van der Waals surface area (Å²) in [5, 5.41) is 6.90. The molecule has 134 valence electrons. The second kappa shape index (κ2) is 10.0. The Morgan fingerprint density at radius 3 is 2.72 bits per heavy atom. The first-order valence-electron chi connectivity index (χ1n) is 8.09. The Kier molecular flexibility index (Phi) is 7.69. The van der Waals surface area contributed by atoms with Gasteiger partial charge in [-0.25, -0.2) is 4.68 Å². The number of ether oxygens (including phenoxy) is 1. The molecular formula is C18H23N3O3S. The minimum absolute atomic E-state index is 0.235. The maximum atomic E-state index is 12.1. The van der Waals surface area contributed by atoms with E-state index < -0.39 is 0 Å². The fourth-order valence-electron chi connectivity index (χ4n) is 2.11. The summed E-state index contributed by atoms with van der Waals surface area (Å²) in [6.45, 7) is 3.31. The van der Waals surface area contributed by atoms with Crippen LogP contribution in [0.25, 0.3) is 0 Å². The van der Waals surface area contributed by atoms with E-state index in [1.807, 2.05) is 0 Å². The monoisotopic (exact) mass is 361 g/mol. The van der Waals surface area contributed by atoms with Crippen LogP contribution < -0.4 is 10.9 Å². The molecule has 0 saturated heterocycles. The number of hydrogen-bond acceptors (Lipinski definition) is 5. The number of rotatable bonds is 9. The number of thioether (sulfide) groups is 1. The predicted molar refractivity (Wildman–Crippen MR) is 100 cm³/mol. The zero-order valence-corrected chi connectivity index (χ0v) is 15.3. The van der Waals surface area contributed by atoms with E-state index in [2.05, 4.69) is 41.6 Å². The van der Waals surface area contributed by atoms with Crippen molar-refractivity contribution >= 4 is 17.7 Å². The molecule has 0 aliphatic rings. The zero-order valence-electron chi connectivity index (χ0n) is 14.5. The lowest BCUT2D eigenvalue weighted by Gasteiger charge is -2.07. The highest BCUT2D eigenvalue weighted by Gasteiger charge is 2.09. The third-order valence-corrected chi connectivity index (χ3v) is 4.56. The summed E-state index contributed by atoms with van der Waals surface area (Å²) in [6, 6.07) is 11.2. The number of nitrogens with zero attached hydrogens (tertiary/aromatic N) is 2. The molecule has 0 spiro atoms. The molecule has 1 heterocycles. The third-order valence-electron chi connectivity index (χ3n) is 3.53. The normalized spacial score (nSPS) is 10.6. The van der Waals surface area contributed by atoms with Crippen LogP contribution in [-0.4, -0.2) is 41.7 Å². The molecule has 1 aromatic heterocycles. The Balaban J connectivity index is 1.76. The van der Waals surface area contributed by atoms with Crippen molar-refractivity contribution in [2.45, 2.75) is 19.2 Å². The maximum Gasteiger partial charge on any atom is 0.271 e. The Bertz CT molecular complexity index is 744. The summed E-state index contributed by atoms with van der Waals surface area (Å²) in [7, 11) is 1.55. The second-order valence-electron chi connectivity index (χ2n) is 5.57. The molecule has 7 heteroatoms. The molecule has 0 bridgehead atoms. The number of hydrogen-bond donors (Lipinski definition) is 1. The molecule has 0 saturated carbocycles. The summed E-state index contributed by atoms with van der Waals surface area (Å²) >= 11 is 1.76. The highest BCUT2D eigenvalue weighted by atomic mass is 32.2. The van der Waals surface area contributed by atoms with Crippen molar-refractivity contribution in [1.29, 1.82) is 0 Å². The number of benzene rings is 1. The van der Waals surface area contributed by atoms with Crippen LogP contribution in [0.4, 0.5) is 0 Å². The third kappa shape index (κ3) is 6.36. The minimum Gasteiger partial charge on any atom is -0.383 e. The van der Waals surface area contributed by atoms with Crippen LogP contribution in [0.5, 0.6) is 0 Å². The van der Waals surface area contributed by atoms with Crippen molar-refractivity contribution in [3.63, 3.8) is 0 Å². The predicted octanol–water partition coefficient (Wildman–Crippen LogP) is 1.86. The Morgan fingerprint density at radius 1 is 1.24 bits per heavy atom. The van der Waals surface area contributed by atoms with Crippen LogP contribution in [-0.2, 0) is 17.0 Å². The van der Waals surface area contributed by atoms with Gasteiger partial charge in [-0.1, -0.05) is 29.8 Å². The van der Waals surface area contributed by atoms with E-state index >= 15 is 0 Å². The lowest BCUT2D eigenvalue weighted by molar-refractivity contribution is 0.0947. The van der Waals surface area contributed by atoms with Crippen molar-refractivity contribution in [2.24, 2.45) is 0 Å². The average Bonchev–Trinajstić information content (AvgIpc) is 2.62. The van der Waals surface area contributed by atoms with Gasteiger partial charge in [0, 0.05) is 31.2 Å². The first kappa shape index (κ1) is 19.2. The molecule has 1 amide bonds. The Hall–Kier alpha value is -2.12. The van der Waals surface area contributed by atoms with Gasteiger partial charge in [0.1, 0.15) is 5.69 Å². The van der Waals surface area contributed by atoms with Gasteiger partial charge in [0.2, 0.25) is 0 Å². The second-order valence-corrected chi connectivity index (χ2v) is 6.67. The topological polar surface area (TPSA) is 73.2 Å². The first-order chi connectivity index (χ1) is 12.1. The Labute approximate surface area is 151 Å². The van der Waals surface area contributed by atoms with Gasteiger partial charge >= 0.3 is 0 Å². The zero-order chi connectivity index (χ0) is 18.1.